The van der Waals surface area contributed by atoms with Crippen LogP contribution in [0.25, 0.3) is 17.0 Å². The highest BCUT2D eigenvalue weighted by Gasteiger charge is 2.06. The van der Waals surface area contributed by atoms with Gasteiger partial charge in [-0.05, 0) is 47.7 Å². The number of aromatic amines is 1. The van der Waals surface area contributed by atoms with Crippen LogP contribution in [0, 0.1) is 0 Å². The molecule has 1 amide bonds. The lowest BCUT2D eigenvalue weighted by atomic mass is 10.1. The number of para-hydroxylation sites is 1. The maximum Gasteiger partial charge on any atom is 0.255 e. The Balaban J connectivity index is 1.57. The molecule has 3 aromatic rings. The number of amides is 1. The second-order valence-electron chi connectivity index (χ2n) is 6.20. The lowest BCUT2D eigenvalue weighted by Crippen LogP contribution is -2.23. The van der Waals surface area contributed by atoms with Crippen molar-refractivity contribution in [3.8, 4) is 0 Å². The van der Waals surface area contributed by atoms with Crippen molar-refractivity contribution in [3.63, 3.8) is 0 Å². The maximum atomic E-state index is 12.1. The van der Waals surface area contributed by atoms with Crippen molar-refractivity contribution in [3.05, 3.63) is 82.2 Å². The predicted molar refractivity (Wildman–Crippen MR) is 108 cm³/mol. The molecular formula is C20H19N3O4S. The molecule has 28 heavy (non-hydrogen) atoms. The van der Waals surface area contributed by atoms with Gasteiger partial charge in [-0.1, -0.05) is 30.3 Å². The lowest BCUT2D eigenvalue weighted by Gasteiger charge is -2.04. The van der Waals surface area contributed by atoms with Gasteiger partial charge in [-0.3, -0.25) is 9.59 Å². The van der Waals surface area contributed by atoms with Gasteiger partial charge in [-0.2, -0.15) is 0 Å². The van der Waals surface area contributed by atoms with Crippen LogP contribution in [0.2, 0.25) is 0 Å². The van der Waals surface area contributed by atoms with Crippen molar-refractivity contribution in [1.82, 2.24) is 10.3 Å². The number of aromatic nitrogens is 1. The molecule has 0 aliphatic rings. The highest BCUT2D eigenvalue weighted by molar-refractivity contribution is 7.89. The second kappa shape index (κ2) is 8.20. The normalized spacial score (nSPS) is 11.8. The van der Waals surface area contributed by atoms with Crippen LogP contribution in [0.4, 0.5) is 0 Å². The first kappa shape index (κ1) is 19.5. The second-order valence-corrected chi connectivity index (χ2v) is 7.77. The summed E-state index contributed by atoms with van der Waals surface area (Å²) in [6.07, 6.45) is 3.31. The third-order valence-electron chi connectivity index (χ3n) is 4.16. The largest absolute Gasteiger partial charge is 0.352 e. The molecule has 144 valence electrons. The van der Waals surface area contributed by atoms with Gasteiger partial charge in [0.15, 0.2) is 0 Å². The first-order valence-electron chi connectivity index (χ1n) is 8.53. The summed E-state index contributed by atoms with van der Waals surface area (Å²) >= 11 is 0. The molecule has 0 spiro atoms. The number of carbonyl (C=O) groups is 1. The molecule has 0 radical (unpaired) electrons. The monoisotopic (exact) mass is 397 g/mol. The molecule has 4 N–H and O–H groups in total. The molecule has 3 rings (SSSR count). The van der Waals surface area contributed by atoms with Gasteiger partial charge in [0.2, 0.25) is 15.9 Å². The van der Waals surface area contributed by atoms with E-state index in [0.717, 1.165) is 16.5 Å². The van der Waals surface area contributed by atoms with Crippen molar-refractivity contribution >= 4 is 32.9 Å². The third kappa shape index (κ3) is 4.93. The molecule has 0 bridgehead atoms. The van der Waals surface area contributed by atoms with Gasteiger partial charge in [0.05, 0.1) is 4.90 Å². The van der Waals surface area contributed by atoms with Crippen LogP contribution in [-0.4, -0.2) is 25.9 Å². The summed E-state index contributed by atoms with van der Waals surface area (Å²) in [6, 6.07) is 15.3. The molecule has 1 heterocycles. The van der Waals surface area contributed by atoms with Crippen LogP contribution in [0.15, 0.2) is 70.4 Å². The summed E-state index contributed by atoms with van der Waals surface area (Å²) in [5.74, 6) is -0.325. The number of sulfonamides is 1. The van der Waals surface area contributed by atoms with Crippen LogP contribution in [0.1, 0.15) is 11.1 Å². The minimum absolute atomic E-state index is 0.0452. The standard InChI is InChI=1S/C20H19N3O4S/c21-28(26,27)17-8-5-14(6-9-17)11-12-22-19(24)10-7-16-13-15-3-1-2-4-18(15)23-20(16)25/h1-10,13H,11-12H2,(H,22,24)(H,23,25)(H2,21,26,27)/b10-7+. The van der Waals surface area contributed by atoms with Gasteiger partial charge in [-0.25, -0.2) is 13.6 Å². The lowest BCUT2D eigenvalue weighted by molar-refractivity contribution is -0.116. The Kier molecular flexibility index (Phi) is 5.72. The van der Waals surface area contributed by atoms with Crippen LogP contribution >= 0.6 is 0 Å². The minimum atomic E-state index is -3.71. The fourth-order valence-electron chi connectivity index (χ4n) is 2.69. The quantitative estimate of drug-likeness (QED) is 0.546. The zero-order chi connectivity index (χ0) is 20.1. The van der Waals surface area contributed by atoms with Crippen molar-refractivity contribution in [2.75, 3.05) is 6.54 Å². The Labute approximate surface area is 161 Å². The van der Waals surface area contributed by atoms with Gasteiger partial charge in [0.1, 0.15) is 0 Å². The molecule has 0 atom stereocenters. The number of H-pyrrole nitrogens is 1. The van der Waals surface area contributed by atoms with E-state index in [-0.39, 0.29) is 16.4 Å². The van der Waals surface area contributed by atoms with E-state index < -0.39 is 10.0 Å². The maximum absolute atomic E-state index is 12.1. The number of hydrogen-bond donors (Lipinski definition) is 3. The SMILES string of the molecule is NS(=O)(=O)c1ccc(CCNC(=O)/C=C/c2cc3ccccc3[nH]c2=O)cc1. The van der Waals surface area contributed by atoms with Gasteiger partial charge < -0.3 is 10.3 Å². The Morgan fingerprint density at radius 3 is 2.54 bits per heavy atom. The van der Waals surface area contributed by atoms with Crippen molar-refractivity contribution in [2.24, 2.45) is 5.14 Å². The van der Waals surface area contributed by atoms with Gasteiger partial charge >= 0.3 is 0 Å². The summed E-state index contributed by atoms with van der Waals surface area (Å²) in [5.41, 5.74) is 1.73. The van der Waals surface area contributed by atoms with E-state index >= 15 is 0 Å². The van der Waals surface area contributed by atoms with E-state index in [1.807, 2.05) is 24.3 Å². The topological polar surface area (TPSA) is 122 Å². The van der Waals surface area contributed by atoms with E-state index in [2.05, 4.69) is 10.3 Å². The Hall–Kier alpha value is -3.23. The summed E-state index contributed by atoms with van der Waals surface area (Å²) in [6.45, 7) is 0.367. The molecule has 1 aromatic heterocycles. The number of fused-ring (bicyclic) bond motifs is 1. The number of benzene rings is 2. The number of carbonyl (C=O) groups excluding carboxylic acids is 1. The Morgan fingerprint density at radius 1 is 1.11 bits per heavy atom. The zero-order valence-electron chi connectivity index (χ0n) is 14.9. The summed E-state index contributed by atoms with van der Waals surface area (Å²) in [5, 5.41) is 8.65. The fraction of sp³-hybridized carbons (Fsp3) is 0.100. The van der Waals surface area contributed by atoms with Gasteiger partial charge in [0.25, 0.3) is 5.56 Å². The smallest absolute Gasteiger partial charge is 0.255 e. The summed E-state index contributed by atoms with van der Waals surface area (Å²) in [4.78, 5) is 26.8. The number of nitrogens with two attached hydrogens (primary N) is 1. The average Bonchev–Trinajstić information content (AvgIpc) is 2.66. The van der Waals surface area contributed by atoms with Gasteiger partial charge in [-0.15, -0.1) is 0 Å². The fourth-order valence-corrected chi connectivity index (χ4v) is 3.20. The van der Waals surface area contributed by atoms with E-state index in [0.29, 0.717) is 18.5 Å². The molecule has 8 heteroatoms. The Morgan fingerprint density at radius 2 is 1.82 bits per heavy atom. The highest BCUT2D eigenvalue weighted by atomic mass is 32.2. The predicted octanol–water partition coefficient (Wildman–Crippen LogP) is 1.55. The zero-order valence-corrected chi connectivity index (χ0v) is 15.7. The molecule has 0 unspecified atom stereocenters. The van der Waals surface area contributed by atoms with Gasteiger partial charge in [0, 0.05) is 23.7 Å². The minimum Gasteiger partial charge on any atom is -0.352 e. The summed E-state index contributed by atoms with van der Waals surface area (Å²) < 4.78 is 22.4. The molecule has 0 saturated carbocycles. The number of hydrogen-bond acceptors (Lipinski definition) is 4. The number of rotatable bonds is 6. The van der Waals surface area contributed by atoms with E-state index in [1.165, 1.54) is 24.3 Å². The Bertz CT molecular complexity index is 1200. The van der Waals surface area contributed by atoms with E-state index in [4.69, 9.17) is 5.14 Å². The van der Waals surface area contributed by atoms with Crippen LogP contribution in [0.3, 0.4) is 0 Å². The van der Waals surface area contributed by atoms with Crippen molar-refractivity contribution < 1.29 is 13.2 Å². The average molecular weight is 397 g/mol. The van der Waals surface area contributed by atoms with Crippen LogP contribution < -0.4 is 16.0 Å². The van der Waals surface area contributed by atoms with Crippen molar-refractivity contribution in [1.29, 1.82) is 0 Å². The van der Waals surface area contributed by atoms with Crippen LogP contribution in [0.5, 0.6) is 0 Å². The molecule has 0 saturated heterocycles. The summed E-state index contributed by atoms with van der Waals surface area (Å²) in [7, 11) is -3.71. The first-order chi connectivity index (χ1) is 13.3. The molecule has 0 fully saturated rings. The van der Waals surface area contributed by atoms with E-state index in [1.54, 1.807) is 18.2 Å². The van der Waals surface area contributed by atoms with E-state index in [9.17, 15) is 18.0 Å². The molecule has 2 aromatic carbocycles. The molecule has 0 aliphatic carbocycles. The number of primary sulfonamides is 1. The molecule has 0 aliphatic heterocycles. The first-order valence-corrected chi connectivity index (χ1v) is 10.1. The molecular weight excluding hydrogens is 378 g/mol. The van der Waals surface area contributed by atoms with Crippen molar-refractivity contribution in [2.45, 2.75) is 11.3 Å². The van der Waals surface area contributed by atoms with Crippen LogP contribution in [-0.2, 0) is 21.2 Å². The molecule has 7 nitrogen and oxygen atoms in total. The highest BCUT2D eigenvalue weighted by Crippen LogP contribution is 2.11. The third-order valence-corrected chi connectivity index (χ3v) is 5.09. The number of pyridine rings is 1. The number of nitrogens with one attached hydrogen (secondary N) is 2.